The van der Waals surface area contributed by atoms with Crippen LogP contribution in [0.15, 0.2) is 22.7 Å². The van der Waals surface area contributed by atoms with E-state index in [4.69, 9.17) is 4.42 Å². The fourth-order valence-corrected chi connectivity index (χ4v) is 1.46. The van der Waals surface area contributed by atoms with Crippen LogP contribution in [0.4, 0.5) is 5.82 Å². The van der Waals surface area contributed by atoms with E-state index in [2.05, 4.69) is 25.8 Å². The highest BCUT2D eigenvalue weighted by Gasteiger charge is 2.09. The summed E-state index contributed by atoms with van der Waals surface area (Å²) in [5, 5.41) is 13.4. The number of carbonyl (C=O) groups excluding carboxylic acids is 1. The maximum atomic E-state index is 11.8. The van der Waals surface area contributed by atoms with Gasteiger partial charge >= 0.3 is 0 Å². The fraction of sp³-hybridized carbons (Fsp3) is 0.333. The number of rotatable bonds is 5. The lowest BCUT2D eigenvalue weighted by molar-refractivity contribution is 0.0941. The third kappa shape index (κ3) is 3.51. The highest BCUT2D eigenvalue weighted by molar-refractivity contribution is 5.92. The van der Waals surface area contributed by atoms with Gasteiger partial charge in [0.1, 0.15) is 11.6 Å². The Bertz CT molecular complexity index is 550. The van der Waals surface area contributed by atoms with Crippen molar-refractivity contribution in [3.63, 3.8) is 0 Å². The summed E-state index contributed by atoms with van der Waals surface area (Å²) in [7, 11) is 0. The molecule has 0 saturated heterocycles. The summed E-state index contributed by atoms with van der Waals surface area (Å²) < 4.78 is 5.25. The maximum absolute atomic E-state index is 11.8. The molecule has 1 amide bonds. The second kappa shape index (κ2) is 5.94. The molecular weight excluding hydrogens is 246 g/mol. The molecule has 19 heavy (non-hydrogen) atoms. The van der Waals surface area contributed by atoms with Crippen LogP contribution < -0.4 is 10.6 Å². The van der Waals surface area contributed by atoms with Gasteiger partial charge in [-0.25, -0.2) is 4.98 Å². The minimum absolute atomic E-state index is 0.226. The number of hydrogen-bond acceptors (Lipinski definition) is 6. The Morgan fingerprint density at radius 3 is 2.79 bits per heavy atom. The summed E-state index contributed by atoms with van der Waals surface area (Å²) in [5.41, 5.74) is 0.255. The summed E-state index contributed by atoms with van der Waals surface area (Å²) >= 11 is 0. The van der Waals surface area contributed by atoms with E-state index in [1.54, 1.807) is 25.3 Å². The van der Waals surface area contributed by atoms with Gasteiger partial charge in [-0.05, 0) is 26.0 Å². The number of anilines is 1. The molecule has 2 aromatic heterocycles. The minimum Gasteiger partial charge on any atom is -0.444 e. The Labute approximate surface area is 110 Å². The van der Waals surface area contributed by atoms with Crippen LogP contribution in [0.1, 0.15) is 29.1 Å². The maximum Gasteiger partial charge on any atom is 0.272 e. The van der Waals surface area contributed by atoms with Gasteiger partial charge < -0.3 is 15.1 Å². The first-order valence-corrected chi connectivity index (χ1v) is 5.96. The molecule has 2 heterocycles. The van der Waals surface area contributed by atoms with E-state index in [0.717, 1.165) is 6.54 Å². The smallest absolute Gasteiger partial charge is 0.272 e. The number of nitrogens with zero attached hydrogens (tertiary/aromatic N) is 3. The van der Waals surface area contributed by atoms with Gasteiger partial charge in [-0.15, -0.1) is 10.2 Å². The average molecular weight is 261 g/mol. The van der Waals surface area contributed by atoms with Crippen LogP contribution in [0.2, 0.25) is 0 Å². The lowest BCUT2D eigenvalue weighted by Gasteiger charge is -2.03. The molecule has 0 aromatic carbocycles. The molecule has 2 rings (SSSR count). The largest absolute Gasteiger partial charge is 0.444 e. The van der Waals surface area contributed by atoms with Crippen molar-refractivity contribution in [2.75, 3.05) is 11.9 Å². The van der Waals surface area contributed by atoms with Crippen molar-refractivity contribution in [3.8, 4) is 0 Å². The number of nitrogens with one attached hydrogen (secondary N) is 2. The quantitative estimate of drug-likeness (QED) is 0.838. The molecule has 0 aliphatic heterocycles. The second-order valence-electron chi connectivity index (χ2n) is 3.88. The van der Waals surface area contributed by atoms with Crippen molar-refractivity contribution < 1.29 is 9.21 Å². The Kier molecular flexibility index (Phi) is 4.07. The lowest BCUT2D eigenvalue weighted by Crippen LogP contribution is -2.24. The molecule has 2 aromatic rings. The molecule has 7 heteroatoms. The van der Waals surface area contributed by atoms with E-state index in [1.165, 1.54) is 0 Å². The normalized spacial score (nSPS) is 10.2. The Hall–Kier alpha value is -2.44. The first-order valence-electron chi connectivity index (χ1n) is 5.96. The molecule has 0 spiro atoms. The summed E-state index contributed by atoms with van der Waals surface area (Å²) in [6.07, 6.45) is 1.60. The van der Waals surface area contributed by atoms with Gasteiger partial charge in [0, 0.05) is 6.54 Å². The van der Waals surface area contributed by atoms with Crippen LogP contribution in [-0.4, -0.2) is 27.6 Å². The molecule has 0 aliphatic carbocycles. The van der Waals surface area contributed by atoms with Crippen LogP contribution in [-0.2, 0) is 6.54 Å². The highest BCUT2D eigenvalue weighted by atomic mass is 16.4. The summed E-state index contributed by atoms with van der Waals surface area (Å²) in [5.74, 6) is 1.50. The van der Waals surface area contributed by atoms with Crippen molar-refractivity contribution in [3.05, 3.63) is 35.7 Å². The molecule has 0 fully saturated rings. The number of amides is 1. The molecule has 0 bridgehead atoms. The molecule has 0 atom stereocenters. The zero-order valence-corrected chi connectivity index (χ0v) is 10.8. The predicted molar refractivity (Wildman–Crippen MR) is 68.6 cm³/mol. The molecule has 7 nitrogen and oxygen atoms in total. The molecule has 0 aliphatic rings. The van der Waals surface area contributed by atoms with E-state index in [1.807, 2.05) is 6.92 Å². The molecular formula is C12H15N5O2. The van der Waals surface area contributed by atoms with Crippen molar-refractivity contribution in [2.24, 2.45) is 0 Å². The fourth-order valence-electron chi connectivity index (χ4n) is 1.46. The summed E-state index contributed by atoms with van der Waals surface area (Å²) in [6.45, 7) is 4.73. The summed E-state index contributed by atoms with van der Waals surface area (Å²) in [6, 6.07) is 3.32. The number of carbonyl (C=O) groups is 1. The van der Waals surface area contributed by atoms with Gasteiger partial charge in [0.05, 0.1) is 12.7 Å². The summed E-state index contributed by atoms with van der Waals surface area (Å²) in [4.78, 5) is 15.8. The van der Waals surface area contributed by atoms with Crippen molar-refractivity contribution in [2.45, 2.75) is 20.4 Å². The van der Waals surface area contributed by atoms with Crippen molar-refractivity contribution >= 4 is 11.7 Å². The van der Waals surface area contributed by atoms with E-state index in [9.17, 15) is 4.79 Å². The van der Waals surface area contributed by atoms with E-state index in [-0.39, 0.29) is 18.1 Å². The monoisotopic (exact) mass is 261 g/mol. The Morgan fingerprint density at radius 2 is 2.21 bits per heavy atom. The number of aryl methyl sites for hydroxylation is 1. The molecule has 2 N–H and O–H groups in total. The van der Waals surface area contributed by atoms with Crippen LogP contribution in [0, 0.1) is 6.92 Å². The number of oxazole rings is 1. The molecule has 100 valence electrons. The zero-order chi connectivity index (χ0) is 13.7. The minimum atomic E-state index is -0.314. The number of hydrogen-bond donors (Lipinski definition) is 2. The Morgan fingerprint density at radius 1 is 1.37 bits per heavy atom. The molecule has 0 saturated carbocycles. The molecule has 0 radical (unpaired) electrons. The van der Waals surface area contributed by atoms with Crippen molar-refractivity contribution in [1.82, 2.24) is 20.5 Å². The van der Waals surface area contributed by atoms with Gasteiger partial charge in [0.25, 0.3) is 5.91 Å². The third-order valence-corrected chi connectivity index (χ3v) is 2.32. The lowest BCUT2D eigenvalue weighted by atomic mass is 10.3. The second-order valence-corrected chi connectivity index (χ2v) is 3.88. The third-order valence-electron chi connectivity index (χ3n) is 2.32. The topological polar surface area (TPSA) is 92.9 Å². The first kappa shape index (κ1) is 13.0. The van der Waals surface area contributed by atoms with E-state index < -0.39 is 0 Å². The Balaban J connectivity index is 1.92. The van der Waals surface area contributed by atoms with Crippen LogP contribution in [0.5, 0.6) is 0 Å². The van der Waals surface area contributed by atoms with Gasteiger partial charge in [0.15, 0.2) is 5.69 Å². The average Bonchev–Trinajstić information content (AvgIpc) is 2.83. The van der Waals surface area contributed by atoms with E-state index in [0.29, 0.717) is 17.5 Å². The van der Waals surface area contributed by atoms with Crippen LogP contribution in [0.3, 0.4) is 0 Å². The highest BCUT2D eigenvalue weighted by Crippen LogP contribution is 2.03. The zero-order valence-electron chi connectivity index (χ0n) is 10.8. The van der Waals surface area contributed by atoms with E-state index >= 15 is 0 Å². The van der Waals surface area contributed by atoms with Crippen LogP contribution in [0.25, 0.3) is 0 Å². The first-order chi connectivity index (χ1) is 9.19. The molecule has 0 unspecified atom stereocenters. The van der Waals surface area contributed by atoms with Gasteiger partial charge in [-0.2, -0.15) is 0 Å². The van der Waals surface area contributed by atoms with Gasteiger partial charge in [-0.1, -0.05) is 0 Å². The van der Waals surface area contributed by atoms with Crippen molar-refractivity contribution in [1.29, 1.82) is 0 Å². The SMILES string of the molecule is CCNc1ccc(C(=O)NCc2ncc(C)o2)nn1. The predicted octanol–water partition coefficient (Wildman–Crippen LogP) is 1.13. The van der Waals surface area contributed by atoms with Crippen LogP contribution >= 0.6 is 0 Å². The number of aromatic nitrogens is 3. The van der Waals surface area contributed by atoms with Gasteiger partial charge in [0.2, 0.25) is 5.89 Å². The van der Waals surface area contributed by atoms with Gasteiger partial charge in [-0.3, -0.25) is 4.79 Å². The standard InChI is InChI=1S/C12H15N5O2/c1-3-13-10-5-4-9(16-17-10)12(18)15-7-11-14-6-8(2)19-11/h4-6H,3,7H2,1-2H3,(H,13,17)(H,15,18).